The lowest BCUT2D eigenvalue weighted by molar-refractivity contribution is -0.196. The third-order valence-electron chi connectivity index (χ3n) is 8.27. The van der Waals surface area contributed by atoms with Crippen molar-refractivity contribution >= 4 is 40.8 Å². The van der Waals surface area contributed by atoms with E-state index >= 15 is 0 Å². The van der Waals surface area contributed by atoms with E-state index in [-0.39, 0.29) is 16.8 Å². The van der Waals surface area contributed by atoms with Gasteiger partial charge in [0, 0.05) is 12.5 Å². The highest BCUT2D eigenvalue weighted by molar-refractivity contribution is 6.32. The van der Waals surface area contributed by atoms with Crippen LogP contribution in [0.4, 0.5) is 10.5 Å². The van der Waals surface area contributed by atoms with E-state index in [0.29, 0.717) is 13.0 Å². The van der Waals surface area contributed by atoms with Crippen molar-refractivity contribution in [1.29, 1.82) is 0 Å². The number of ketones is 4. The Balaban J connectivity index is 1.85. The third kappa shape index (κ3) is 3.95. The summed E-state index contributed by atoms with van der Waals surface area (Å²) < 4.78 is 0. The molecule has 3 aliphatic carbocycles. The molecule has 3 amide bonds. The van der Waals surface area contributed by atoms with E-state index in [9.17, 15) is 44.1 Å². The molecule has 210 valence electrons. The highest BCUT2D eigenvalue weighted by Gasteiger charge is 2.72. The fourth-order valence-electron chi connectivity index (χ4n) is 6.50. The van der Waals surface area contributed by atoms with Crippen molar-refractivity contribution in [1.82, 2.24) is 10.2 Å². The number of nitrogens with two attached hydrogens (primary N) is 1. The Bertz CT molecular complexity index is 1290. The van der Waals surface area contributed by atoms with E-state index in [0.717, 1.165) is 0 Å². The van der Waals surface area contributed by atoms with Crippen molar-refractivity contribution in [2.24, 2.45) is 29.4 Å². The molecule has 2 unspecified atom stereocenters. The minimum absolute atomic E-state index is 0.109. The SMILES string of the molecule is CCCNC(=O)Nc1ccc2c(c1O)C(=O)C1C(=O)[C@@]3(O)C(=O)C(C(N)=O)C(=O)[C@H](N(C)C)[C@H]3[C@H](O)[C@H]1[C@@H]2C. The smallest absolute Gasteiger partial charge is 0.319 e. The lowest BCUT2D eigenvalue weighted by Crippen LogP contribution is -2.77. The fourth-order valence-corrected chi connectivity index (χ4v) is 6.50. The van der Waals surface area contributed by atoms with Gasteiger partial charge in [0.05, 0.1) is 35.2 Å². The van der Waals surface area contributed by atoms with Crippen LogP contribution in [0.1, 0.15) is 42.1 Å². The molecule has 2 saturated carbocycles. The number of carbonyl (C=O) groups excluding carboxylic acids is 6. The van der Waals surface area contributed by atoms with Crippen LogP contribution in [-0.2, 0) is 19.2 Å². The molecule has 13 nitrogen and oxygen atoms in total. The van der Waals surface area contributed by atoms with Gasteiger partial charge in [-0.3, -0.25) is 28.9 Å². The molecule has 7 N–H and O–H groups in total. The predicted octanol–water partition coefficient (Wildman–Crippen LogP) is -1.07. The number of hydrogen-bond acceptors (Lipinski definition) is 10. The molecule has 0 bridgehead atoms. The molecule has 39 heavy (non-hydrogen) atoms. The van der Waals surface area contributed by atoms with Gasteiger partial charge >= 0.3 is 6.03 Å². The first-order chi connectivity index (χ1) is 18.2. The number of fused-ring (bicyclic) bond motifs is 3. The van der Waals surface area contributed by atoms with Gasteiger partial charge in [-0.25, -0.2) is 4.79 Å². The Labute approximate surface area is 223 Å². The molecule has 3 aliphatic rings. The molecule has 4 rings (SSSR count). The monoisotopic (exact) mass is 544 g/mol. The van der Waals surface area contributed by atoms with E-state index in [1.54, 1.807) is 6.92 Å². The zero-order chi connectivity index (χ0) is 29.1. The number of anilines is 1. The molecule has 0 radical (unpaired) electrons. The lowest BCUT2D eigenvalue weighted by atomic mass is 9.49. The first-order valence-electron chi connectivity index (χ1n) is 12.6. The van der Waals surface area contributed by atoms with E-state index in [1.165, 1.54) is 31.1 Å². The number of benzene rings is 1. The molecule has 0 aromatic heterocycles. The van der Waals surface area contributed by atoms with E-state index < -0.39 is 88.2 Å². The van der Waals surface area contributed by atoms with Crippen LogP contribution in [0.2, 0.25) is 0 Å². The summed E-state index contributed by atoms with van der Waals surface area (Å²) in [5, 5.41) is 39.2. The van der Waals surface area contributed by atoms with Crippen LogP contribution in [0.5, 0.6) is 5.75 Å². The van der Waals surface area contributed by atoms with Gasteiger partial charge in [-0.1, -0.05) is 19.9 Å². The summed E-state index contributed by atoms with van der Waals surface area (Å²) in [4.78, 5) is 79.8. The molecule has 0 aliphatic heterocycles. The van der Waals surface area contributed by atoms with Crippen LogP contribution in [0.25, 0.3) is 0 Å². The largest absolute Gasteiger partial charge is 0.505 e. The second-order valence-corrected chi connectivity index (χ2v) is 10.7. The summed E-state index contributed by atoms with van der Waals surface area (Å²) in [6.45, 7) is 3.81. The van der Waals surface area contributed by atoms with Crippen LogP contribution >= 0.6 is 0 Å². The topological polar surface area (TPSA) is 216 Å². The number of Topliss-reactive ketones (excluding diaryl/α,β-unsaturated/α-hetero) is 4. The van der Waals surface area contributed by atoms with Gasteiger partial charge in [-0.15, -0.1) is 0 Å². The van der Waals surface area contributed by atoms with Gasteiger partial charge in [0.15, 0.2) is 34.7 Å². The maximum absolute atomic E-state index is 13.9. The number of aliphatic hydroxyl groups is 2. The van der Waals surface area contributed by atoms with Crippen molar-refractivity contribution in [2.45, 2.75) is 43.9 Å². The first kappa shape index (κ1) is 28.3. The Morgan fingerprint density at radius 1 is 1.13 bits per heavy atom. The van der Waals surface area contributed by atoms with Gasteiger partial charge < -0.3 is 31.7 Å². The van der Waals surface area contributed by atoms with Gasteiger partial charge in [0.1, 0.15) is 5.75 Å². The van der Waals surface area contributed by atoms with Crippen molar-refractivity contribution in [3.8, 4) is 5.75 Å². The lowest BCUT2D eigenvalue weighted by Gasteiger charge is -2.56. The Morgan fingerprint density at radius 2 is 1.77 bits per heavy atom. The Hall–Kier alpha value is -3.68. The zero-order valence-corrected chi connectivity index (χ0v) is 21.9. The predicted molar refractivity (Wildman–Crippen MR) is 135 cm³/mol. The minimum atomic E-state index is -3.07. The Morgan fingerprint density at radius 3 is 2.33 bits per heavy atom. The molecule has 2 fully saturated rings. The molecular formula is C26H32N4O9. The summed E-state index contributed by atoms with van der Waals surface area (Å²) in [5.41, 5.74) is 2.10. The second-order valence-electron chi connectivity index (χ2n) is 10.7. The fraction of sp³-hybridized carbons (Fsp3) is 0.538. The maximum Gasteiger partial charge on any atom is 0.319 e. The number of aromatic hydroxyl groups is 1. The number of carbonyl (C=O) groups is 6. The number of hydrogen-bond donors (Lipinski definition) is 6. The minimum Gasteiger partial charge on any atom is -0.505 e. The number of amides is 3. The molecule has 1 aromatic carbocycles. The van der Waals surface area contributed by atoms with Gasteiger partial charge in [0.2, 0.25) is 5.91 Å². The number of nitrogens with zero attached hydrogens (tertiary/aromatic N) is 1. The summed E-state index contributed by atoms with van der Waals surface area (Å²) in [5.74, 6) is -14.2. The first-order valence-corrected chi connectivity index (χ1v) is 12.6. The molecule has 0 saturated heterocycles. The quantitative estimate of drug-likeness (QED) is 0.195. The number of nitrogens with one attached hydrogen (secondary N) is 2. The van der Waals surface area contributed by atoms with Gasteiger partial charge in [0.25, 0.3) is 0 Å². The number of phenols is 1. The third-order valence-corrected chi connectivity index (χ3v) is 8.27. The molecule has 13 heteroatoms. The van der Waals surface area contributed by atoms with Crippen molar-refractivity contribution in [2.75, 3.05) is 26.0 Å². The van der Waals surface area contributed by atoms with Crippen LogP contribution in [0.15, 0.2) is 12.1 Å². The van der Waals surface area contributed by atoms with E-state index in [2.05, 4.69) is 10.6 Å². The number of rotatable bonds is 5. The van der Waals surface area contributed by atoms with Crippen LogP contribution < -0.4 is 16.4 Å². The average Bonchev–Trinajstić information content (AvgIpc) is 2.85. The zero-order valence-electron chi connectivity index (χ0n) is 21.9. The molecular weight excluding hydrogens is 512 g/mol. The molecule has 0 spiro atoms. The highest BCUT2D eigenvalue weighted by atomic mass is 16.3. The second kappa shape index (κ2) is 9.81. The van der Waals surface area contributed by atoms with Crippen molar-refractivity contribution in [3.63, 3.8) is 0 Å². The summed E-state index contributed by atoms with van der Waals surface area (Å²) >= 11 is 0. The van der Waals surface area contributed by atoms with Crippen molar-refractivity contribution < 1.29 is 44.1 Å². The standard InChI is InChI=1S/C26H32N4O9/c1-5-8-28-25(38)29-11-7-6-10-9(2)12-14(19(32)13(10)18(11)31)22(35)26(39)16(20(12)33)17(30(3)4)21(34)15(23(26)36)24(27)37/h6-7,9,12,14-17,20,31,33,39H,5,8H2,1-4H3,(H2,27,37)(H2,28,29,38)/t9-,12+,14?,15?,16+,17-,20-,26-/m1/s1. The summed E-state index contributed by atoms with van der Waals surface area (Å²) in [6.07, 6.45) is -1.05. The van der Waals surface area contributed by atoms with E-state index in [1.807, 2.05) is 6.92 Å². The number of primary amides is 1. The summed E-state index contributed by atoms with van der Waals surface area (Å²) in [7, 11) is 2.85. The molecule has 8 atom stereocenters. The number of urea groups is 1. The normalized spacial score (nSPS) is 33.8. The average molecular weight is 545 g/mol. The molecule has 0 heterocycles. The highest BCUT2D eigenvalue weighted by Crippen LogP contribution is 2.55. The van der Waals surface area contributed by atoms with Crippen molar-refractivity contribution in [3.05, 3.63) is 23.3 Å². The van der Waals surface area contributed by atoms with Gasteiger partial charge in [-0.05, 0) is 38.1 Å². The van der Waals surface area contributed by atoms with Crippen LogP contribution in [0, 0.1) is 23.7 Å². The summed E-state index contributed by atoms with van der Waals surface area (Å²) in [6, 6.07) is 0.790. The van der Waals surface area contributed by atoms with Gasteiger partial charge in [-0.2, -0.15) is 0 Å². The van der Waals surface area contributed by atoms with Crippen LogP contribution in [-0.4, -0.2) is 93.7 Å². The number of phenolic OH excluding ortho intramolecular Hbond substituents is 1. The van der Waals surface area contributed by atoms with E-state index in [4.69, 9.17) is 5.73 Å². The number of aliphatic hydroxyl groups excluding tert-OH is 1. The van der Waals surface area contributed by atoms with Crippen LogP contribution in [0.3, 0.4) is 0 Å². The Kier molecular flexibility index (Phi) is 7.13. The molecule has 1 aromatic rings. The number of likely N-dealkylation sites (N-methyl/N-ethyl adjacent to an activating group) is 1. The maximum atomic E-state index is 13.9.